The number of benzene rings is 1. The molecule has 6 heteroatoms. The predicted octanol–water partition coefficient (Wildman–Crippen LogP) is 2.57. The van der Waals surface area contributed by atoms with E-state index in [1.165, 1.54) is 0 Å². The Morgan fingerprint density at radius 2 is 2.22 bits per heavy atom. The molecule has 1 N–H and O–H groups in total. The molecule has 1 aromatic rings. The normalized spacial score (nSPS) is 13.9. The minimum Gasteiger partial charge on any atom is -0.497 e. The van der Waals surface area contributed by atoms with E-state index in [1.54, 1.807) is 26.2 Å². The zero-order valence-corrected chi connectivity index (χ0v) is 12.6. The molecule has 18 heavy (non-hydrogen) atoms. The standard InChI is InChI=1S/C12H15BrO4S/c1-8(5-12(14)15)18(16)7-9-6-10(17-2)3-4-11(9)13/h3-4,6,8H,5,7H2,1-2H3,(H,14,15). The molecule has 0 amide bonds. The van der Waals surface area contributed by atoms with E-state index in [2.05, 4.69) is 15.9 Å². The van der Waals surface area contributed by atoms with E-state index >= 15 is 0 Å². The van der Waals surface area contributed by atoms with Gasteiger partial charge in [-0.05, 0) is 23.8 Å². The molecule has 0 saturated carbocycles. The van der Waals surface area contributed by atoms with Crippen molar-refractivity contribution in [3.63, 3.8) is 0 Å². The van der Waals surface area contributed by atoms with Crippen LogP contribution in [0.25, 0.3) is 0 Å². The van der Waals surface area contributed by atoms with Crippen molar-refractivity contribution in [2.75, 3.05) is 7.11 Å². The van der Waals surface area contributed by atoms with Gasteiger partial charge in [-0.1, -0.05) is 22.9 Å². The van der Waals surface area contributed by atoms with Gasteiger partial charge in [-0.2, -0.15) is 0 Å². The van der Waals surface area contributed by atoms with Crippen LogP contribution in [0.15, 0.2) is 22.7 Å². The fourth-order valence-corrected chi connectivity index (χ4v) is 3.15. The number of aliphatic carboxylic acids is 1. The van der Waals surface area contributed by atoms with Gasteiger partial charge in [0.25, 0.3) is 0 Å². The third-order valence-electron chi connectivity index (χ3n) is 2.46. The van der Waals surface area contributed by atoms with Crippen LogP contribution < -0.4 is 4.74 Å². The van der Waals surface area contributed by atoms with Crippen molar-refractivity contribution in [1.82, 2.24) is 0 Å². The Hall–Kier alpha value is -0.880. The lowest BCUT2D eigenvalue weighted by molar-refractivity contribution is -0.136. The third-order valence-corrected chi connectivity index (χ3v) is 4.89. The van der Waals surface area contributed by atoms with Gasteiger partial charge in [-0.15, -0.1) is 0 Å². The Kier molecular flexibility index (Phi) is 5.81. The van der Waals surface area contributed by atoms with Crippen molar-refractivity contribution < 1.29 is 18.8 Å². The van der Waals surface area contributed by atoms with Crippen molar-refractivity contribution in [2.45, 2.75) is 24.3 Å². The molecule has 4 nitrogen and oxygen atoms in total. The molecule has 0 aromatic heterocycles. The number of halogens is 1. The Morgan fingerprint density at radius 3 is 2.78 bits per heavy atom. The summed E-state index contributed by atoms with van der Waals surface area (Å²) in [7, 11) is 0.343. The van der Waals surface area contributed by atoms with Crippen LogP contribution in [0, 0.1) is 0 Å². The van der Waals surface area contributed by atoms with E-state index in [0.717, 1.165) is 10.0 Å². The molecule has 1 rings (SSSR count). The SMILES string of the molecule is COc1ccc(Br)c(CS(=O)C(C)CC(=O)O)c1. The minimum atomic E-state index is -1.22. The van der Waals surface area contributed by atoms with E-state index in [4.69, 9.17) is 9.84 Å². The van der Waals surface area contributed by atoms with Gasteiger partial charge in [0, 0.05) is 20.5 Å². The van der Waals surface area contributed by atoms with Crippen LogP contribution in [0.2, 0.25) is 0 Å². The highest BCUT2D eigenvalue weighted by atomic mass is 79.9. The quantitative estimate of drug-likeness (QED) is 0.868. The van der Waals surface area contributed by atoms with Crippen LogP contribution in [-0.4, -0.2) is 27.6 Å². The molecule has 0 aliphatic carbocycles. The van der Waals surface area contributed by atoms with Crippen molar-refractivity contribution in [3.05, 3.63) is 28.2 Å². The summed E-state index contributed by atoms with van der Waals surface area (Å²) < 4.78 is 17.9. The van der Waals surface area contributed by atoms with E-state index in [-0.39, 0.29) is 11.7 Å². The number of hydrogen-bond acceptors (Lipinski definition) is 3. The van der Waals surface area contributed by atoms with Crippen molar-refractivity contribution in [2.24, 2.45) is 0 Å². The predicted molar refractivity (Wildman–Crippen MR) is 74.3 cm³/mol. The number of ether oxygens (including phenoxy) is 1. The number of rotatable bonds is 6. The maximum Gasteiger partial charge on any atom is 0.304 e. The molecule has 0 aliphatic rings. The molecule has 0 spiro atoms. The lowest BCUT2D eigenvalue weighted by atomic mass is 10.2. The average molecular weight is 335 g/mol. The molecule has 0 aliphatic heterocycles. The number of carboxylic acids is 1. The summed E-state index contributed by atoms with van der Waals surface area (Å²) in [5.41, 5.74) is 0.852. The van der Waals surface area contributed by atoms with Crippen LogP contribution in [0.3, 0.4) is 0 Å². The van der Waals surface area contributed by atoms with Gasteiger partial charge in [-0.25, -0.2) is 0 Å². The summed E-state index contributed by atoms with van der Waals surface area (Å²) in [5.74, 6) is 0.0725. The Bertz CT molecular complexity index is 461. The lowest BCUT2D eigenvalue weighted by Crippen LogP contribution is -2.17. The van der Waals surface area contributed by atoms with Gasteiger partial charge in [0.1, 0.15) is 5.75 Å². The lowest BCUT2D eigenvalue weighted by Gasteiger charge is -2.11. The van der Waals surface area contributed by atoms with Crippen LogP contribution in [-0.2, 0) is 21.3 Å². The minimum absolute atomic E-state index is 0.0891. The Morgan fingerprint density at radius 1 is 1.56 bits per heavy atom. The molecule has 100 valence electrons. The van der Waals surface area contributed by atoms with Crippen LogP contribution >= 0.6 is 15.9 Å². The molecule has 1 aromatic carbocycles. The molecule has 0 saturated heterocycles. The summed E-state index contributed by atoms with van der Waals surface area (Å²) >= 11 is 3.38. The van der Waals surface area contributed by atoms with Gasteiger partial charge in [0.15, 0.2) is 0 Å². The zero-order valence-electron chi connectivity index (χ0n) is 10.2. The molecular weight excluding hydrogens is 320 g/mol. The second-order valence-corrected chi connectivity index (χ2v) is 6.60. The second kappa shape index (κ2) is 6.89. The van der Waals surface area contributed by atoms with Gasteiger partial charge in [0.05, 0.1) is 19.3 Å². The van der Waals surface area contributed by atoms with Gasteiger partial charge >= 0.3 is 5.97 Å². The smallest absolute Gasteiger partial charge is 0.304 e. The summed E-state index contributed by atoms with van der Waals surface area (Å²) in [4.78, 5) is 10.6. The number of methoxy groups -OCH3 is 1. The molecule has 2 unspecified atom stereocenters. The fraction of sp³-hybridized carbons (Fsp3) is 0.417. The van der Waals surface area contributed by atoms with Crippen molar-refractivity contribution >= 4 is 32.7 Å². The first-order valence-corrected chi connectivity index (χ1v) is 7.53. The average Bonchev–Trinajstić information content (AvgIpc) is 2.31. The van der Waals surface area contributed by atoms with Crippen LogP contribution in [0.1, 0.15) is 18.9 Å². The first kappa shape index (κ1) is 15.2. The topological polar surface area (TPSA) is 63.6 Å². The summed E-state index contributed by atoms with van der Waals surface area (Å²) in [6.45, 7) is 1.68. The van der Waals surface area contributed by atoms with Crippen LogP contribution in [0.5, 0.6) is 5.75 Å². The van der Waals surface area contributed by atoms with Crippen molar-refractivity contribution in [1.29, 1.82) is 0 Å². The third kappa shape index (κ3) is 4.42. The summed E-state index contributed by atoms with van der Waals surface area (Å²) in [6.07, 6.45) is -0.0891. The fourth-order valence-electron chi connectivity index (χ4n) is 1.42. The molecule has 0 radical (unpaired) electrons. The molecule has 2 atom stereocenters. The largest absolute Gasteiger partial charge is 0.497 e. The summed E-state index contributed by atoms with van der Waals surface area (Å²) in [6, 6.07) is 5.43. The molecule has 0 fully saturated rings. The Labute approximate surface area is 117 Å². The maximum absolute atomic E-state index is 12.0. The first-order chi connectivity index (χ1) is 8.43. The van der Waals surface area contributed by atoms with Gasteiger partial charge < -0.3 is 9.84 Å². The molecule has 0 bridgehead atoms. The van der Waals surface area contributed by atoms with E-state index in [1.807, 2.05) is 6.07 Å². The van der Waals surface area contributed by atoms with E-state index in [0.29, 0.717) is 11.5 Å². The number of carboxylic acid groups (broad SMARTS) is 1. The highest BCUT2D eigenvalue weighted by Gasteiger charge is 2.16. The summed E-state index contributed by atoms with van der Waals surface area (Å²) in [5, 5.41) is 8.30. The van der Waals surface area contributed by atoms with Crippen LogP contribution in [0.4, 0.5) is 0 Å². The first-order valence-electron chi connectivity index (χ1n) is 5.35. The molecule has 0 heterocycles. The van der Waals surface area contributed by atoms with Gasteiger partial charge in [-0.3, -0.25) is 9.00 Å². The molecular formula is C12H15BrO4S. The van der Waals surface area contributed by atoms with E-state index in [9.17, 15) is 9.00 Å². The van der Waals surface area contributed by atoms with Crippen molar-refractivity contribution in [3.8, 4) is 5.75 Å². The van der Waals surface area contributed by atoms with Gasteiger partial charge in [0.2, 0.25) is 0 Å². The maximum atomic E-state index is 12.0. The number of carbonyl (C=O) groups is 1. The van der Waals surface area contributed by atoms with E-state index < -0.39 is 16.8 Å². The zero-order chi connectivity index (χ0) is 13.7. The number of hydrogen-bond donors (Lipinski definition) is 1. The monoisotopic (exact) mass is 334 g/mol. The second-order valence-electron chi connectivity index (χ2n) is 3.89. The highest BCUT2D eigenvalue weighted by Crippen LogP contribution is 2.24. The highest BCUT2D eigenvalue weighted by molar-refractivity contribution is 9.10. The Balaban J connectivity index is 2.77.